The molecule has 2 rings (SSSR count). The van der Waals surface area contributed by atoms with Gasteiger partial charge in [-0.2, -0.15) is 0 Å². The summed E-state index contributed by atoms with van der Waals surface area (Å²) in [5, 5.41) is 9.60. The fourth-order valence-corrected chi connectivity index (χ4v) is 3.32. The van der Waals surface area contributed by atoms with Crippen molar-refractivity contribution in [2.45, 2.75) is 65.5 Å². The van der Waals surface area contributed by atoms with Crippen molar-refractivity contribution < 1.29 is 14.7 Å². The number of piperidine rings is 1. The summed E-state index contributed by atoms with van der Waals surface area (Å²) in [6, 6.07) is -0.714. The Bertz CT molecular complexity index is 416. The normalized spacial score (nSPS) is 25.0. The van der Waals surface area contributed by atoms with Crippen molar-refractivity contribution in [3.63, 3.8) is 0 Å². The lowest BCUT2D eigenvalue weighted by Gasteiger charge is -2.46. The highest BCUT2D eigenvalue weighted by Gasteiger charge is 2.46. The maximum Gasteiger partial charge on any atom is 0.327 e. The van der Waals surface area contributed by atoms with E-state index in [0.717, 1.165) is 19.4 Å². The highest BCUT2D eigenvalue weighted by molar-refractivity contribution is 5.84. The number of carbonyl (C=O) groups is 2. The Hall–Kier alpha value is -1.26. The van der Waals surface area contributed by atoms with Crippen molar-refractivity contribution in [1.82, 2.24) is 9.80 Å². The van der Waals surface area contributed by atoms with Gasteiger partial charge in [-0.25, -0.2) is 9.59 Å². The molecule has 120 valence electrons. The molecule has 1 unspecified atom stereocenters. The van der Waals surface area contributed by atoms with Gasteiger partial charge in [0.1, 0.15) is 6.04 Å². The highest BCUT2D eigenvalue weighted by Crippen LogP contribution is 2.37. The van der Waals surface area contributed by atoms with E-state index in [0.29, 0.717) is 12.5 Å². The first-order valence-corrected chi connectivity index (χ1v) is 8.04. The van der Waals surface area contributed by atoms with E-state index in [1.165, 1.54) is 12.8 Å². The summed E-state index contributed by atoms with van der Waals surface area (Å²) in [5.74, 6) is -0.277. The van der Waals surface area contributed by atoms with E-state index in [2.05, 4.69) is 0 Å². The number of hydrogen-bond donors (Lipinski definition) is 1. The van der Waals surface area contributed by atoms with E-state index in [4.69, 9.17) is 0 Å². The smallest absolute Gasteiger partial charge is 0.327 e. The monoisotopic (exact) mass is 296 g/mol. The van der Waals surface area contributed by atoms with Gasteiger partial charge in [0.25, 0.3) is 0 Å². The van der Waals surface area contributed by atoms with Gasteiger partial charge in [-0.1, -0.05) is 13.8 Å². The van der Waals surface area contributed by atoms with Gasteiger partial charge < -0.3 is 14.9 Å². The van der Waals surface area contributed by atoms with Crippen molar-refractivity contribution >= 4 is 12.0 Å². The molecular weight excluding hydrogens is 268 g/mol. The van der Waals surface area contributed by atoms with E-state index in [-0.39, 0.29) is 17.5 Å². The molecule has 21 heavy (non-hydrogen) atoms. The minimum Gasteiger partial charge on any atom is -0.480 e. The number of urea groups is 1. The summed E-state index contributed by atoms with van der Waals surface area (Å²) < 4.78 is 0. The van der Waals surface area contributed by atoms with Crippen LogP contribution in [0.2, 0.25) is 0 Å². The molecule has 2 amide bonds. The van der Waals surface area contributed by atoms with Crippen LogP contribution in [0.5, 0.6) is 0 Å². The van der Waals surface area contributed by atoms with Gasteiger partial charge in [0.05, 0.1) is 0 Å². The fraction of sp³-hybridized carbons (Fsp3) is 0.875. The first kappa shape index (κ1) is 16.1. The number of carboxylic acid groups (broad SMARTS) is 1. The Morgan fingerprint density at radius 2 is 1.95 bits per heavy atom. The second-order valence-electron chi connectivity index (χ2n) is 7.50. The molecule has 0 radical (unpaired) electrons. The standard InChI is InChI=1S/C16H28N2O3/c1-11(2)18(10-12-6-7-12)15(21)17-9-5-8-16(3,4)13(17)14(19)20/h11-13H,5-10H2,1-4H3,(H,19,20). The average Bonchev–Trinajstić information content (AvgIpc) is 3.16. The summed E-state index contributed by atoms with van der Waals surface area (Å²) in [6.07, 6.45) is 4.09. The molecule has 2 aliphatic rings. The molecule has 1 heterocycles. The van der Waals surface area contributed by atoms with Gasteiger partial charge in [0.2, 0.25) is 0 Å². The molecule has 1 saturated carbocycles. The van der Waals surface area contributed by atoms with Crippen LogP contribution in [0.15, 0.2) is 0 Å². The molecular formula is C16H28N2O3. The van der Waals surface area contributed by atoms with Gasteiger partial charge in [-0.15, -0.1) is 0 Å². The third-order valence-corrected chi connectivity index (χ3v) is 4.77. The first-order valence-electron chi connectivity index (χ1n) is 8.04. The van der Waals surface area contributed by atoms with E-state index >= 15 is 0 Å². The number of likely N-dealkylation sites (tertiary alicyclic amines) is 1. The number of rotatable bonds is 4. The molecule has 0 bridgehead atoms. The summed E-state index contributed by atoms with van der Waals surface area (Å²) >= 11 is 0. The van der Waals surface area contributed by atoms with Gasteiger partial charge in [0.15, 0.2) is 0 Å². The first-order chi connectivity index (χ1) is 9.74. The Kier molecular flexibility index (Phi) is 4.49. The van der Waals surface area contributed by atoms with E-state index in [1.54, 1.807) is 4.90 Å². The minimum absolute atomic E-state index is 0.0999. The maximum atomic E-state index is 12.9. The van der Waals surface area contributed by atoms with Gasteiger partial charge in [-0.3, -0.25) is 0 Å². The van der Waals surface area contributed by atoms with Gasteiger partial charge >= 0.3 is 12.0 Å². The third kappa shape index (κ3) is 3.50. The summed E-state index contributed by atoms with van der Waals surface area (Å²) in [7, 11) is 0. The minimum atomic E-state index is -0.886. The zero-order valence-corrected chi connectivity index (χ0v) is 13.6. The molecule has 2 fully saturated rings. The SMILES string of the molecule is CC(C)N(CC1CC1)C(=O)N1CCCC(C)(C)C1C(=O)O. The zero-order valence-electron chi connectivity index (χ0n) is 13.6. The number of carboxylic acids is 1. The molecule has 0 aromatic rings. The topological polar surface area (TPSA) is 60.9 Å². The van der Waals surface area contributed by atoms with Crippen LogP contribution in [0.3, 0.4) is 0 Å². The van der Waals surface area contributed by atoms with Crippen molar-refractivity contribution in [1.29, 1.82) is 0 Å². The number of nitrogens with zero attached hydrogens (tertiary/aromatic N) is 2. The summed E-state index contributed by atoms with van der Waals surface area (Å²) in [4.78, 5) is 28.0. The second-order valence-corrected chi connectivity index (χ2v) is 7.50. The lowest BCUT2D eigenvalue weighted by Crippen LogP contribution is -2.60. The largest absolute Gasteiger partial charge is 0.480 e. The molecule has 0 aromatic heterocycles. The Morgan fingerprint density at radius 3 is 2.43 bits per heavy atom. The van der Waals surface area contributed by atoms with Crippen LogP contribution in [0.1, 0.15) is 53.4 Å². The molecule has 1 saturated heterocycles. The summed E-state index contributed by atoms with van der Waals surface area (Å²) in [5.41, 5.74) is -0.373. The van der Waals surface area contributed by atoms with Crippen LogP contribution in [-0.2, 0) is 4.79 Å². The van der Waals surface area contributed by atoms with Crippen molar-refractivity contribution in [2.24, 2.45) is 11.3 Å². The lowest BCUT2D eigenvalue weighted by atomic mass is 9.76. The fourth-order valence-electron chi connectivity index (χ4n) is 3.32. The van der Waals surface area contributed by atoms with E-state index < -0.39 is 12.0 Å². The average molecular weight is 296 g/mol. The summed E-state index contributed by atoms with van der Waals surface area (Å²) in [6.45, 7) is 9.22. The van der Waals surface area contributed by atoms with Crippen LogP contribution >= 0.6 is 0 Å². The van der Waals surface area contributed by atoms with E-state index in [9.17, 15) is 14.7 Å². The van der Waals surface area contributed by atoms with Crippen LogP contribution in [-0.4, -0.2) is 52.1 Å². The number of hydrogen-bond acceptors (Lipinski definition) is 2. The van der Waals surface area contributed by atoms with Gasteiger partial charge in [0, 0.05) is 19.1 Å². The number of carbonyl (C=O) groups excluding carboxylic acids is 1. The molecule has 5 heteroatoms. The molecule has 1 N–H and O–H groups in total. The second kappa shape index (κ2) is 5.85. The van der Waals surface area contributed by atoms with Gasteiger partial charge in [-0.05, 0) is 50.9 Å². The van der Waals surface area contributed by atoms with Crippen LogP contribution in [0, 0.1) is 11.3 Å². The van der Waals surface area contributed by atoms with Crippen LogP contribution < -0.4 is 0 Å². The zero-order chi connectivity index (χ0) is 15.8. The quantitative estimate of drug-likeness (QED) is 0.867. The molecule has 1 aliphatic carbocycles. The molecule has 5 nitrogen and oxygen atoms in total. The number of aliphatic carboxylic acids is 1. The molecule has 1 aliphatic heterocycles. The Balaban J connectivity index is 2.19. The highest BCUT2D eigenvalue weighted by atomic mass is 16.4. The predicted molar refractivity (Wildman–Crippen MR) is 81.1 cm³/mol. The third-order valence-electron chi connectivity index (χ3n) is 4.77. The van der Waals surface area contributed by atoms with Crippen molar-refractivity contribution in [3.05, 3.63) is 0 Å². The molecule has 0 spiro atoms. The predicted octanol–water partition coefficient (Wildman–Crippen LogP) is 2.80. The molecule has 1 atom stereocenters. The lowest BCUT2D eigenvalue weighted by molar-refractivity contribution is -0.148. The van der Waals surface area contributed by atoms with Crippen molar-refractivity contribution in [3.8, 4) is 0 Å². The van der Waals surface area contributed by atoms with Crippen molar-refractivity contribution in [2.75, 3.05) is 13.1 Å². The molecule has 0 aromatic carbocycles. The Morgan fingerprint density at radius 1 is 1.33 bits per heavy atom. The number of amides is 2. The van der Waals surface area contributed by atoms with E-state index in [1.807, 2.05) is 32.6 Å². The Labute approximate surface area is 127 Å². The maximum absolute atomic E-state index is 12.9. The van der Waals surface area contributed by atoms with Crippen LogP contribution in [0.25, 0.3) is 0 Å². The van der Waals surface area contributed by atoms with Crippen LogP contribution in [0.4, 0.5) is 4.79 Å².